The predicted octanol–water partition coefficient (Wildman–Crippen LogP) is 2.93. The Balaban J connectivity index is 2.85. The molecule has 0 aliphatic carbocycles. The average Bonchev–Trinajstić information content (AvgIpc) is 2.30. The zero-order valence-corrected chi connectivity index (χ0v) is 10.5. The maximum atomic E-state index is 11.7. The van der Waals surface area contributed by atoms with Gasteiger partial charge >= 0.3 is 6.09 Å². The highest BCUT2D eigenvalue weighted by Gasteiger charge is 2.20. The first kappa shape index (κ1) is 13.4. The summed E-state index contributed by atoms with van der Waals surface area (Å²) in [7, 11) is 0. The third-order valence-electron chi connectivity index (χ3n) is 2.66. The van der Waals surface area contributed by atoms with E-state index in [0.29, 0.717) is 13.2 Å². The van der Waals surface area contributed by atoms with Crippen molar-refractivity contribution in [1.82, 2.24) is 4.90 Å². The number of aromatic hydroxyl groups is 1. The van der Waals surface area contributed by atoms with E-state index in [0.717, 1.165) is 5.56 Å². The Morgan fingerprint density at radius 3 is 2.71 bits per heavy atom. The number of phenols is 1. The van der Waals surface area contributed by atoms with Crippen molar-refractivity contribution in [3.8, 4) is 5.75 Å². The first-order valence-corrected chi connectivity index (χ1v) is 5.82. The van der Waals surface area contributed by atoms with E-state index < -0.39 is 0 Å². The summed E-state index contributed by atoms with van der Waals surface area (Å²) < 4.78 is 4.99. The molecule has 0 bridgehead atoms. The van der Waals surface area contributed by atoms with Crippen LogP contribution in [0, 0.1) is 0 Å². The van der Waals surface area contributed by atoms with Crippen LogP contribution in [0.1, 0.15) is 32.4 Å². The van der Waals surface area contributed by atoms with Crippen molar-refractivity contribution in [2.24, 2.45) is 0 Å². The summed E-state index contributed by atoms with van der Waals surface area (Å²) in [5.41, 5.74) is 0.889. The van der Waals surface area contributed by atoms with Gasteiger partial charge in [-0.3, -0.25) is 0 Å². The van der Waals surface area contributed by atoms with E-state index in [1.54, 1.807) is 30.0 Å². The number of phenolic OH excluding ortho intramolecular Hbond substituents is 1. The second-order valence-electron chi connectivity index (χ2n) is 3.76. The lowest BCUT2D eigenvalue weighted by Gasteiger charge is -2.27. The maximum Gasteiger partial charge on any atom is 0.410 e. The zero-order chi connectivity index (χ0) is 12.8. The topological polar surface area (TPSA) is 49.8 Å². The Bertz CT molecular complexity index is 379. The van der Waals surface area contributed by atoms with Crippen molar-refractivity contribution in [3.05, 3.63) is 29.8 Å². The highest BCUT2D eigenvalue weighted by molar-refractivity contribution is 5.68. The standard InChI is InChI=1S/C13H19NO3/c1-4-14(13(16)17-5-2)10(3)11-7-6-8-12(15)9-11/h6-10,15H,4-5H2,1-3H3. The van der Waals surface area contributed by atoms with Crippen molar-refractivity contribution < 1.29 is 14.6 Å². The molecule has 0 spiro atoms. The van der Waals surface area contributed by atoms with Crippen LogP contribution in [-0.2, 0) is 4.74 Å². The van der Waals surface area contributed by atoms with Gasteiger partial charge in [0, 0.05) is 6.54 Å². The molecule has 0 aliphatic heterocycles. The second-order valence-corrected chi connectivity index (χ2v) is 3.76. The molecule has 4 heteroatoms. The molecule has 0 radical (unpaired) electrons. The van der Waals surface area contributed by atoms with Crippen LogP contribution in [0.3, 0.4) is 0 Å². The molecule has 4 nitrogen and oxygen atoms in total. The fourth-order valence-electron chi connectivity index (χ4n) is 1.73. The maximum absolute atomic E-state index is 11.7. The minimum Gasteiger partial charge on any atom is -0.508 e. The lowest BCUT2D eigenvalue weighted by Crippen LogP contribution is -2.33. The number of carbonyl (C=O) groups excluding carboxylic acids is 1. The quantitative estimate of drug-likeness (QED) is 0.875. The van der Waals surface area contributed by atoms with Gasteiger partial charge in [0.15, 0.2) is 0 Å². The minimum atomic E-state index is -0.328. The molecule has 0 saturated carbocycles. The van der Waals surface area contributed by atoms with Crippen molar-refractivity contribution in [3.63, 3.8) is 0 Å². The molecule has 1 unspecified atom stereocenters. The molecule has 1 N–H and O–H groups in total. The van der Waals surface area contributed by atoms with Crippen molar-refractivity contribution in [2.45, 2.75) is 26.8 Å². The van der Waals surface area contributed by atoms with Crippen molar-refractivity contribution in [2.75, 3.05) is 13.2 Å². The molecule has 1 aromatic carbocycles. The number of carbonyl (C=O) groups is 1. The number of hydrogen-bond donors (Lipinski definition) is 1. The van der Waals surface area contributed by atoms with Gasteiger partial charge in [0.2, 0.25) is 0 Å². The van der Waals surface area contributed by atoms with E-state index in [-0.39, 0.29) is 17.9 Å². The van der Waals surface area contributed by atoms with E-state index >= 15 is 0 Å². The number of rotatable bonds is 4. The normalized spacial score (nSPS) is 11.9. The highest BCUT2D eigenvalue weighted by atomic mass is 16.6. The highest BCUT2D eigenvalue weighted by Crippen LogP contribution is 2.23. The van der Waals surface area contributed by atoms with Gasteiger partial charge in [0.25, 0.3) is 0 Å². The third-order valence-corrected chi connectivity index (χ3v) is 2.66. The molecule has 1 rings (SSSR count). The Morgan fingerprint density at radius 2 is 2.18 bits per heavy atom. The number of benzene rings is 1. The van der Waals surface area contributed by atoms with Crippen molar-refractivity contribution in [1.29, 1.82) is 0 Å². The lowest BCUT2D eigenvalue weighted by atomic mass is 10.1. The predicted molar refractivity (Wildman–Crippen MR) is 65.9 cm³/mol. The Labute approximate surface area is 102 Å². The zero-order valence-electron chi connectivity index (χ0n) is 10.5. The first-order valence-electron chi connectivity index (χ1n) is 5.82. The molecule has 17 heavy (non-hydrogen) atoms. The van der Waals surface area contributed by atoms with Crippen LogP contribution in [0.25, 0.3) is 0 Å². The summed E-state index contributed by atoms with van der Waals surface area (Å²) in [6.45, 7) is 6.52. The van der Waals surface area contributed by atoms with Gasteiger partial charge in [0.05, 0.1) is 12.6 Å². The fourth-order valence-corrected chi connectivity index (χ4v) is 1.73. The van der Waals surface area contributed by atoms with Gasteiger partial charge in [0.1, 0.15) is 5.75 Å². The van der Waals surface area contributed by atoms with Crippen LogP contribution in [0.5, 0.6) is 5.75 Å². The number of hydrogen-bond acceptors (Lipinski definition) is 3. The van der Waals surface area contributed by atoms with E-state index in [9.17, 15) is 9.90 Å². The SMILES string of the molecule is CCOC(=O)N(CC)C(C)c1cccc(O)c1. The molecule has 0 fully saturated rings. The Kier molecular flexibility index (Phi) is 4.82. The van der Waals surface area contributed by atoms with Gasteiger partial charge in [-0.15, -0.1) is 0 Å². The van der Waals surface area contributed by atoms with Crippen LogP contribution in [0.4, 0.5) is 4.79 Å². The van der Waals surface area contributed by atoms with Gasteiger partial charge < -0.3 is 14.7 Å². The minimum absolute atomic E-state index is 0.119. The average molecular weight is 237 g/mol. The van der Waals surface area contributed by atoms with Gasteiger partial charge in [-0.2, -0.15) is 0 Å². The lowest BCUT2D eigenvalue weighted by molar-refractivity contribution is 0.0954. The van der Waals surface area contributed by atoms with Crippen LogP contribution >= 0.6 is 0 Å². The van der Waals surface area contributed by atoms with Gasteiger partial charge in [-0.25, -0.2) is 4.79 Å². The Morgan fingerprint density at radius 1 is 1.47 bits per heavy atom. The molecule has 1 atom stereocenters. The fraction of sp³-hybridized carbons (Fsp3) is 0.462. The van der Waals surface area contributed by atoms with E-state index in [2.05, 4.69) is 0 Å². The van der Waals surface area contributed by atoms with E-state index in [1.165, 1.54) is 0 Å². The summed E-state index contributed by atoms with van der Waals surface area (Å²) in [5.74, 6) is 0.203. The van der Waals surface area contributed by atoms with Crippen LogP contribution < -0.4 is 0 Å². The largest absolute Gasteiger partial charge is 0.508 e. The molecular formula is C13H19NO3. The molecule has 1 amide bonds. The summed E-state index contributed by atoms with van der Waals surface area (Å²) in [4.78, 5) is 13.3. The van der Waals surface area contributed by atoms with E-state index in [4.69, 9.17) is 4.74 Å². The van der Waals surface area contributed by atoms with Crippen molar-refractivity contribution >= 4 is 6.09 Å². The number of ether oxygens (including phenoxy) is 1. The number of amides is 1. The van der Waals surface area contributed by atoms with Gasteiger partial charge in [-0.1, -0.05) is 12.1 Å². The van der Waals surface area contributed by atoms with Gasteiger partial charge in [-0.05, 0) is 38.5 Å². The summed E-state index contributed by atoms with van der Waals surface area (Å²) in [5, 5.41) is 9.42. The monoisotopic (exact) mass is 237 g/mol. The van der Waals surface area contributed by atoms with Crippen LogP contribution in [0.2, 0.25) is 0 Å². The molecule has 0 aromatic heterocycles. The van der Waals surface area contributed by atoms with Crippen LogP contribution in [0.15, 0.2) is 24.3 Å². The Hall–Kier alpha value is -1.71. The molecule has 0 saturated heterocycles. The molecule has 0 aliphatic rings. The van der Waals surface area contributed by atoms with Crippen LogP contribution in [-0.4, -0.2) is 29.3 Å². The molecule has 1 aromatic rings. The second kappa shape index (κ2) is 6.13. The van der Waals surface area contributed by atoms with E-state index in [1.807, 2.05) is 19.9 Å². The summed E-state index contributed by atoms with van der Waals surface area (Å²) >= 11 is 0. The third kappa shape index (κ3) is 3.37. The summed E-state index contributed by atoms with van der Waals surface area (Å²) in [6, 6.07) is 6.79. The number of nitrogens with zero attached hydrogens (tertiary/aromatic N) is 1. The smallest absolute Gasteiger partial charge is 0.410 e. The summed E-state index contributed by atoms with van der Waals surface area (Å²) in [6.07, 6.45) is -0.328. The molecular weight excluding hydrogens is 218 g/mol. The molecule has 94 valence electrons. The molecule has 0 heterocycles. The first-order chi connectivity index (χ1) is 8.10.